The first-order valence-corrected chi connectivity index (χ1v) is 7.12. The van der Waals surface area contributed by atoms with Gasteiger partial charge in [0.05, 0.1) is 11.4 Å². The second-order valence-corrected chi connectivity index (χ2v) is 6.07. The summed E-state index contributed by atoms with van der Waals surface area (Å²) in [4.78, 5) is 1.69. The number of nitrogens with zero attached hydrogens (tertiary/aromatic N) is 2. The van der Waals surface area contributed by atoms with E-state index in [2.05, 4.69) is 11.7 Å². The highest BCUT2D eigenvalue weighted by Gasteiger charge is 2.24. The van der Waals surface area contributed by atoms with Crippen LogP contribution in [-0.2, 0) is 9.84 Å². The van der Waals surface area contributed by atoms with Gasteiger partial charge in [-0.2, -0.15) is 0 Å². The van der Waals surface area contributed by atoms with E-state index in [-0.39, 0.29) is 22.0 Å². The van der Waals surface area contributed by atoms with Crippen molar-refractivity contribution in [1.82, 2.24) is 0 Å². The van der Waals surface area contributed by atoms with E-state index in [1.54, 1.807) is 31.1 Å². The summed E-state index contributed by atoms with van der Waals surface area (Å²) >= 11 is 0. The van der Waals surface area contributed by atoms with Gasteiger partial charge in [-0.1, -0.05) is 17.3 Å². The van der Waals surface area contributed by atoms with Crippen LogP contribution in [0.25, 0.3) is 0 Å². The Balaban J connectivity index is 3.70. The van der Waals surface area contributed by atoms with E-state index in [1.165, 1.54) is 12.1 Å². The lowest BCUT2D eigenvalue weighted by Crippen LogP contribution is -2.22. The zero-order chi connectivity index (χ0) is 14.6. The molecule has 7 heteroatoms. The molecule has 0 fully saturated rings. The van der Waals surface area contributed by atoms with Crippen molar-refractivity contribution in [2.75, 3.05) is 24.7 Å². The van der Waals surface area contributed by atoms with Gasteiger partial charge in [0.25, 0.3) is 0 Å². The maximum Gasteiger partial charge on any atom is 0.184 e. The minimum absolute atomic E-state index is 0.0372. The summed E-state index contributed by atoms with van der Waals surface area (Å²) in [7, 11) is -0.162. The van der Waals surface area contributed by atoms with Crippen LogP contribution in [0.5, 0.6) is 0 Å². The molecule has 0 atom stereocenters. The number of hydrogen-bond donors (Lipinski definition) is 2. The monoisotopic (exact) mass is 283 g/mol. The smallest absolute Gasteiger partial charge is 0.184 e. The molecule has 0 saturated carbocycles. The van der Waals surface area contributed by atoms with Crippen molar-refractivity contribution in [3.8, 4) is 0 Å². The van der Waals surface area contributed by atoms with E-state index in [0.29, 0.717) is 5.69 Å². The van der Waals surface area contributed by atoms with Crippen LogP contribution in [0.1, 0.15) is 5.56 Å². The Labute approximate surface area is 112 Å². The first-order valence-electron chi connectivity index (χ1n) is 5.47. The van der Waals surface area contributed by atoms with E-state index in [4.69, 9.17) is 10.9 Å². The topological polar surface area (TPSA) is 96.0 Å². The highest BCUT2D eigenvalue weighted by molar-refractivity contribution is 7.91. The maximum atomic E-state index is 12.3. The van der Waals surface area contributed by atoms with Crippen LogP contribution in [0.4, 0.5) is 5.69 Å². The normalized spacial score (nSPS) is 12.2. The summed E-state index contributed by atoms with van der Waals surface area (Å²) in [5.41, 5.74) is 6.20. The average Bonchev–Trinajstić information content (AvgIpc) is 2.36. The molecular formula is C12H17N3O3S. The molecule has 0 aliphatic carbocycles. The Hall–Kier alpha value is -2.02. The number of sulfone groups is 1. The summed E-state index contributed by atoms with van der Waals surface area (Å²) in [6, 6.07) is 4.80. The maximum absolute atomic E-state index is 12.3. The van der Waals surface area contributed by atoms with Gasteiger partial charge in [-0.3, -0.25) is 0 Å². The van der Waals surface area contributed by atoms with E-state index in [9.17, 15) is 8.42 Å². The Morgan fingerprint density at radius 2 is 2.16 bits per heavy atom. The Morgan fingerprint density at radius 3 is 2.63 bits per heavy atom. The molecule has 0 aromatic heterocycles. The SMILES string of the molecule is C=CCS(=O)(=O)c1c(C(N)=NO)cccc1N(C)C. The number of rotatable bonds is 5. The van der Waals surface area contributed by atoms with Crippen molar-refractivity contribution in [1.29, 1.82) is 0 Å². The van der Waals surface area contributed by atoms with Crippen LogP contribution in [-0.4, -0.2) is 39.3 Å². The minimum Gasteiger partial charge on any atom is -0.409 e. The van der Waals surface area contributed by atoms with Crippen molar-refractivity contribution in [3.05, 3.63) is 36.4 Å². The quantitative estimate of drug-likeness (QED) is 0.274. The van der Waals surface area contributed by atoms with Crippen molar-refractivity contribution in [3.63, 3.8) is 0 Å². The van der Waals surface area contributed by atoms with Crippen LogP contribution in [0, 0.1) is 0 Å². The van der Waals surface area contributed by atoms with Crippen molar-refractivity contribution in [2.45, 2.75) is 4.90 Å². The average molecular weight is 283 g/mol. The molecule has 0 aliphatic rings. The van der Waals surface area contributed by atoms with Crippen LogP contribution >= 0.6 is 0 Å². The second kappa shape index (κ2) is 5.75. The molecule has 0 amide bonds. The molecule has 0 radical (unpaired) electrons. The molecule has 0 bridgehead atoms. The van der Waals surface area contributed by atoms with Crippen LogP contribution < -0.4 is 10.6 Å². The first-order chi connectivity index (χ1) is 8.85. The van der Waals surface area contributed by atoms with Gasteiger partial charge in [0, 0.05) is 19.7 Å². The van der Waals surface area contributed by atoms with Crippen molar-refractivity contribution in [2.24, 2.45) is 10.9 Å². The molecule has 1 rings (SSSR count). The molecule has 0 unspecified atom stereocenters. The molecule has 104 valence electrons. The lowest BCUT2D eigenvalue weighted by Gasteiger charge is -2.19. The number of oxime groups is 1. The van der Waals surface area contributed by atoms with Gasteiger partial charge >= 0.3 is 0 Å². The molecule has 1 aromatic carbocycles. The number of hydrogen-bond acceptors (Lipinski definition) is 5. The first kappa shape index (κ1) is 15.0. The lowest BCUT2D eigenvalue weighted by molar-refractivity contribution is 0.318. The van der Waals surface area contributed by atoms with Gasteiger partial charge in [-0.15, -0.1) is 6.58 Å². The van der Waals surface area contributed by atoms with Gasteiger partial charge in [-0.05, 0) is 12.1 Å². The predicted octanol–water partition coefficient (Wildman–Crippen LogP) is 0.807. The fourth-order valence-electron chi connectivity index (χ4n) is 1.70. The van der Waals surface area contributed by atoms with E-state index < -0.39 is 9.84 Å². The Morgan fingerprint density at radius 1 is 1.53 bits per heavy atom. The molecule has 1 aromatic rings. The number of anilines is 1. The fraction of sp³-hybridized carbons (Fsp3) is 0.250. The molecule has 0 spiro atoms. The molecule has 0 aliphatic heterocycles. The third kappa shape index (κ3) is 3.05. The third-order valence-electron chi connectivity index (χ3n) is 2.51. The van der Waals surface area contributed by atoms with Gasteiger partial charge in [0.15, 0.2) is 15.7 Å². The second-order valence-electron chi connectivity index (χ2n) is 4.10. The number of amidine groups is 1. The van der Waals surface area contributed by atoms with Gasteiger partial charge in [0.2, 0.25) is 0 Å². The third-order valence-corrected chi connectivity index (χ3v) is 4.23. The van der Waals surface area contributed by atoms with Crippen LogP contribution in [0.15, 0.2) is 40.9 Å². The van der Waals surface area contributed by atoms with Crippen LogP contribution in [0.3, 0.4) is 0 Å². The van der Waals surface area contributed by atoms with Crippen LogP contribution in [0.2, 0.25) is 0 Å². The summed E-state index contributed by atoms with van der Waals surface area (Å²) in [6.45, 7) is 3.44. The summed E-state index contributed by atoms with van der Waals surface area (Å²) in [6.07, 6.45) is 1.30. The molecule has 0 saturated heterocycles. The highest BCUT2D eigenvalue weighted by atomic mass is 32.2. The summed E-state index contributed by atoms with van der Waals surface area (Å²) in [5, 5.41) is 11.7. The summed E-state index contributed by atoms with van der Waals surface area (Å²) < 4.78 is 24.6. The van der Waals surface area contributed by atoms with Crippen molar-refractivity contribution >= 4 is 21.4 Å². The number of nitrogens with two attached hydrogens (primary N) is 1. The van der Waals surface area contributed by atoms with E-state index >= 15 is 0 Å². The molecular weight excluding hydrogens is 266 g/mol. The highest BCUT2D eigenvalue weighted by Crippen LogP contribution is 2.28. The Kier molecular flexibility index (Phi) is 4.55. The molecule has 19 heavy (non-hydrogen) atoms. The Bertz CT molecular complexity index is 607. The predicted molar refractivity (Wildman–Crippen MR) is 75.5 cm³/mol. The largest absolute Gasteiger partial charge is 0.409 e. The zero-order valence-electron chi connectivity index (χ0n) is 10.9. The van der Waals surface area contributed by atoms with E-state index in [0.717, 1.165) is 0 Å². The van der Waals surface area contributed by atoms with Gasteiger partial charge in [-0.25, -0.2) is 8.42 Å². The fourth-order valence-corrected chi connectivity index (χ4v) is 3.25. The van der Waals surface area contributed by atoms with Gasteiger partial charge in [0.1, 0.15) is 4.90 Å². The van der Waals surface area contributed by atoms with E-state index in [1.807, 2.05) is 0 Å². The van der Waals surface area contributed by atoms with Gasteiger partial charge < -0.3 is 15.8 Å². The zero-order valence-corrected chi connectivity index (χ0v) is 11.7. The molecule has 6 nitrogen and oxygen atoms in total. The van der Waals surface area contributed by atoms with Crippen molar-refractivity contribution < 1.29 is 13.6 Å². The molecule has 0 heterocycles. The lowest BCUT2D eigenvalue weighted by atomic mass is 10.1. The summed E-state index contributed by atoms with van der Waals surface area (Å²) in [5.74, 6) is -0.463. The number of benzene rings is 1. The minimum atomic E-state index is -3.60. The molecule has 3 N–H and O–H groups in total. The standard InChI is InChI=1S/C12H17N3O3S/c1-4-8-19(17,18)11-9(12(13)14-16)6-5-7-10(11)15(2)3/h4-7,16H,1,8H2,2-3H3,(H2,13,14).